The van der Waals surface area contributed by atoms with Crippen LogP contribution in [0.5, 0.6) is 0 Å². The maximum Gasteiger partial charge on any atom is 0.255 e. The monoisotopic (exact) mass is 260 g/mol. The number of fused-ring (bicyclic) bond motifs is 1. The molecule has 2 aliphatic rings. The lowest BCUT2D eigenvalue weighted by Crippen LogP contribution is -2.49. The summed E-state index contributed by atoms with van der Waals surface area (Å²) < 4.78 is 24.6. The molecule has 5 nitrogen and oxygen atoms in total. The molecular formula is C14H15N3O2. The zero-order valence-electron chi connectivity index (χ0n) is 13.2. The van der Waals surface area contributed by atoms with E-state index in [9.17, 15) is 9.59 Å². The van der Waals surface area contributed by atoms with E-state index in [1.807, 2.05) is 0 Å². The van der Waals surface area contributed by atoms with Crippen LogP contribution in [0.15, 0.2) is 30.5 Å². The number of hydrogen-bond donors (Lipinski definition) is 2. The van der Waals surface area contributed by atoms with Crippen molar-refractivity contribution in [2.45, 2.75) is 25.4 Å². The lowest BCUT2D eigenvalue weighted by molar-refractivity contribution is -0.126. The molecule has 0 spiro atoms. The first-order chi connectivity index (χ1) is 10.2. The van der Waals surface area contributed by atoms with Gasteiger partial charge in [0.15, 0.2) is 0 Å². The highest BCUT2D eigenvalue weighted by Crippen LogP contribution is 2.31. The molecular weight excluding hydrogens is 242 g/mol. The van der Waals surface area contributed by atoms with E-state index in [-0.39, 0.29) is 18.7 Å². The van der Waals surface area contributed by atoms with Crippen molar-refractivity contribution in [3.63, 3.8) is 0 Å². The van der Waals surface area contributed by atoms with Gasteiger partial charge in [-0.1, -0.05) is 12.6 Å². The maximum atomic E-state index is 12.5. The number of nitrogens with one attached hydrogen (secondary N) is 1. The Balaban J connectivity index is 2.08. The Morgan fingerprint density at radius 3 is 3.00 bits per heavy atom. The molecule has 19 heavy (non-hydrogen) atoms. The third-order valence-corrected chi connectivity index (χ3v) is 3.25. The summed E-state index contributed by atoms with van der Waals surface area (Å²) in [5.41, 5.74) is 7.25. The molecule has 1 aromatic carbocycles. The van der Waals surface area contributed by atoms with Crippen LogP contribution in [0.25, 0.3) is 0 Å². The number of benzene rings is 1. The van der Waals surface area contributed by atoms with Crippen molar-refractivity contribution < 1.29 is 13.7 Å². The number of carbonyl (C=O) groups excluding carboxylic acids is 2. The van der Waals surface area contributed by atoms with E-state index in [0.29, 0.717) is 16.8 Å². The number of nitrogen functional groups attached to an aromatic ring is 1. The van der Waals surface area contributed by atoms with Gasteiger partial charge in [-0.3, -0.25) is 9.59 Å². The molecule has 1 aromatic rings. The van der Waals surface area contributed by atoms with Gasteiger partial charge in [0.25, 0.3) is 5.91 Å². The summed E-state index contributed by atoms with van der Waals surface area (Å²) in [7, 11) is 0. The van der Waals surface area contributed by atoms with Crippen molar-refractivity contribution in [3.8, 4) is 0 Å². The summed E-state index contributed by atoms with van der Waals surface area (Å²) in [6, 6.07) is 2.44. The fraction of sp³-hybridized carbons (Fsp3) is 0.286. The van der Waals surface area contributed by atoms with E-state index in [1.165, 1.54) is 0 Å². The highest BCUT2D eigenvalue weighted by molar-refractivity contribution is 6.02. The summed E-state index contributed by atoms with van der Waals surface area (Å²) in [6.45, 7) is 3.48. The first-order valence-electron chi connectivity index (χ1n) is 7.37. The zero-order valence-corrected chi connectivity index (χ0v) is 10.2. The van der Waals surface area contributed by atoms with Crippen molar-refractivity contribution in [3.05, 3.63) is 41.6 Å². The number of nitrogens with zero attached hydrogens (tertiary/aromatic N) is 1. The number of carbonyl (C=O) groups is 2. The average molecular weight is 260 g/mol. The number of nitrogens with two attached hydrogens (primary N) is 1. The van der Waals surface area contributed by atoms with Gasteiger partial charge in [0.2, 0.25) is 5.91 Å². The van der Waals surface area contributed by atoms with Gasteiger partial charge in [-0.05, 0) is 24.9 Å². The molecule has 3 rings (SSSR count). The average Bonchev–Trinajstić information content (AvgIpc) is 2.75. The molecule has 2 heterocycles. The highest BCUT2D eigenvalue weighted by atomic mass is 16.2. The Morgan fingerprint density at radius 2 is 2.32 bits per heavy atom. The second-order valence-corrected chi connectivity index (χ2v) is 4.52. The molecule has 0 aliphatic carbocycles. The molecule has 5 heteroatoms. The molecule has 0 aromatic heterocycles. The van der Waals surface area contributed by atoms with Crippen molar-refractivity contribution in [2.75, 3.05) is 5.73 Å². The normalized spacial score (nSPS) is 31.3. The molecule has 0 saturated carbocycles. The van der Waals surface area contributed by atoms with Gasteiger partial charge < -0.3 is 16.0 Å². The van der Waals surface area contributed by atoms with Crippen molar-refractivity contribution in [1.82, 2.24) is 10.2 Å². The first kappa shape index (κ1) is 8.74. The van der Waals surface area contributed by atoms with Gasteiger partial charge in [-0.25, -0.2) is 0 Å². The van der Waals surface area contributed by atoms with Gasteiger partial charge in [0.05, 0.1) is 1.37 Å². The standard InChI is InChI=1S/C14H15N3O2/c1-8-5-6-12(13(18)16-8)17-7-10-9(14(17)19)3-2-4-11(10)15/h2-4,12H,1,5-7,15H2,(H,16,18)/t12-/m0/s1/i6D2,12D. The van der Waals surface area contributed by atoms with E-state index in [4.69, 9.17) is 9.85 Å². The van der Waals surface area contributed by atoms with E-state index in [2.05, 4.69) is 11.9 Å². The molecule has 0 radical (unpaired) electrons. The van der Waals surface area contributed by atoms with Gasteiger partial charge in [0, 0.05) is 31.8 Å². The minimum atomic E-state index is -2.36. The van der Waals surface area contributed by atoms with Crippen LogP contribution in [-0.4, -0.2) is 22.7 Å². The first-order valence-corrected chi connectivity index (χ1v) is 5.87. The lowest BCUT2D eigenvalue weighted by atomic mass is 10.0. The number of allylic oxidation sites excluding steroid dienone is 1. The SMILES string of the molecule is [2H]C1([2H])CC(=C)NC(=O)[C@@]1([2H])N1Cc2c(N)cccc2C1=O. The molecule has 2 amide bonds. The Kier molecular flexibility index (Phi) is 1.90. The van der Waals surface area contributed by atoms with Crippen molar-refractivity contribution in [1.29, 1.82) is 0 Å². The summed E-state index contributed by atoms with van der Waals surface area (Å²) >= 11 is 0. The number of amides is 2. The zero-order chi connectivity index (χ0) is 16.3. The van der Waals surface area contributed by atoms with Crippen molar-refractivity contribution in [2.24, 2.45) is 0 Å². The van der Waals surface area contributed by atoms with Crippen LogP contribution in [-0.2, 0) is 11.3 Å². The molecule has 3 N–H and O–H groups in total. The minimum absolute atomic E-state index is 0.0657. The molecule has 98 valence electrons. The number of rotatable bonds is 1. The van der Waals surface area contributed by atoms with E-state index >= 15 is 0 Å². The van der Waals surface area contributed by atoms with Gasteiger partial charge in [-0.2, -0.15) is 0 Å². The largest absolute Gasteiger partial charge is 0.398 e. The Labute approximate surface area is 115 Å². The van der Waals surface area contributed by atoms with Crippen LogP contribution in [0, 0.1) is 0 Å². The molecule has 2 aliphatic heterocycles. The van der Waals surface area contributed by atoms with E-state index in [0.717, 1.165) is 4.90 Å². The third kappa shape index (κ3) is 1.78. The summed E-state index contributed by atoms with van der Waals surface area (Å²) in [6.07, 6.45) is -2.48. The van der Waals surface area contributed by atoms with E-state index in [1.54, 1.807) is 18.2 Å². The van der Waals surface area contributed by atoms with Crippen LogP contribution in [0.3, 0.4) is 0 Å². The van der Waals surface area contributed by atoms with Gasteiger partial charge >= 0.3 is 0 Å². The second-order valence-electron chi connectivity index (χ2n) is 4.52. The Morgan fingerprint density at radius 1 is 1.53 bits per heavy atom. The number of anilines is 1. The van der Waals surface area contributed by atoms with E-state index < -0.39 is 24.2 Å². The topological polar surface area (TPSA) is 75.4 Å². The van der Waals surface area contributed by atoms with Crippen LogP contribution in [0.4, 0.5) is 5.69 Å². The molecule has 0 unspecified atom stereocenters. The van der Waals surface area contributed by atoms with Gasteiger partial charge in [0.1, 0.15) is 6.02 Å². The quantitative estimate of drug-likeness (QED) is 0.740. The smallest absolute Gasteiger partial charge is 0.255 e. The third-order valence-electron chi connectivity index (χ3n) is 3.25. The predicted molar refractivity (Wildman–Crippen MR) is 71.0 cm³/mol. The lowest BCUT2D eigenvalue weighted by Gasteiger charge is -2.30. The molecule has 1 fully saturated rings. The van der Waals surface area contributed by atoms with Crippen LogP contribution < -0.4 is 11.1 Å². The Hall–Kier alpha value is -2.30. The number of hydrogen-bond acceptors (Lipinski definition) is 3. The van der Waals surface area contributed by atoms with Crippen LogP contribution >= 0.6 is 0 Å². The van der Waals surface area contributed by atoms with Crippen LogP contribution in [0.2, 0.25) is 0 Å². The molecule has 1 saturated heterocycles. The summed E-state index contributed by atoms with van der Waals surface area (Å²) in [5, 5.41) is 2.38. The summed E-state index contributed by atoms with van der Waals surface area (Å²) in [5.74, 6) is -1.46. The molecule has 1 atom stereocenters. The Bertz CT molecular complexity index is 719. The summed E-state index contributed by atoms with van der Waals surface area (Å²) in [4.78, 5) is 25.8. The van der Waals surface area contributed by atoms with Crippen LogP contribution in [0.1, 0.15) is 32.8 Å². The predicted octanol–water partition coefficient (Wildman–Crippen LogP) is 1.02. The second kappa shape index (κ2) is 4.12. The molecule has 0 bridgehead atoms. The highest BCUT2D eigenvalue weighted by Gasteiger charge is 2.38. The van der Waals surface area contributed by atoms with Gasteiger partial charge in [-0.15, -0.1) is 0 Å². The maximum absolute atomic E-state index is 12.5. The minimum Gasteiger partial charge on any atom is -0.398 e. The fourth-order valence-corrected chi connectivity index (χ4v) is 2.29. The van der Waals surface area contributed by atoms with Crippen molar-refractivity contribution >= 4 is 17.5 Å². The number of piperidine rings is 1. The fourth-order valence-electron chi connectivity index (χ4n) is 2.29.